The number of nitrogens with zero attached hydrogens (tertiary/aromatic N) is 2. The van der Waals surface area contributed by atoms with Crippen LogP contribution >= 0.6 is 11.6 Å². The molecule has 0 fully saturated rings. The fraction of sp³-hybridized carbons (Fsp3) is 0.100. The number of hydrogen-bond acceptors (Lipinski definition) is 6. The number of nitrogens with one attached hydrogen (secondary N) is 2. The highest BCUT2D eigenvalue weighted by Crippen LogP contribution is 2.23. The van der Waals surface area contributed by atoms with Crippen molar-refractivity contribution in [1.29, 1.82) is 0 Å². The van der Waals surface area contributed by atoms with Gasteiger partial charge < -0.3 is 15.4 Å². The van der Waals surface area contributed by atoms with Gasteiger partial charge in [-0.05, 0) is 42.8 Å². The minimum Gasteiger partial charge on any atom is -0.465 e. The van der Waals surface area contributed by atoms with Crippen LogP contribution in [0.4, 0.5) is 17.2 Å². The van der Waals surface area contributed by atoms with Crippen LogP contribution in [0, 0.1) is 6.92 Å². The summed E-state index contributed by atoms with van der Waals surface area (Å²) in [5.74, 6) is -0.447. The zero-order valence-electron chi connectivity index (χ0n) is 15.2. The van der Waals surface area contributed by atoms with Gasteiger partial charge in [0.25, 0.3) is 5.91 Å². The van der Waals surface area contributed by atoms with Gasteiger partial charge in [-0.15, -0.1) is 0 Å². The molecule has 3 aromatic rings. The first kappa shape index (κ1) is 19.3. The molecule has 28 heavy (non-hydrogen) atoms. The Morgan fingerprint density at radius 1 is 1.07 bits per heavy atom. The number of aryl methyl sites for hydroxylation is 1. The molecule has 0 saturated carbocycles. The van der Waals surface area contributed by atoms with Gasteiger partial charge in [-0.25, -0.2) is 14.8 Å². The number of hydrogen-bond donors (Lipinski definition) is 2. The Bertz CT molecular complexity index is 1020. The molecule has 7 nitrogen and oxygen atoms in total. The highest BCUT2D eigenvalue weighted by molar-refractivity contribution is 6.30. The molecular formula is C20H17ClN4O3. The molecule has 0 aliphatic rings. The third-order valence-corrected chi connectivity index (χ3v) is 4.12. The van der Waals surface area contributed by atoms with Crippen LogP contribution in [0.3, 0.4) is 0 Å². The first-order valence-electron chi connectivity index (χ1n) is 8.31. The van der Waals surface area contributed by atoms with Crippen molar-refractivity contribution in [2.75, 3.05) is 17.7 Å². The van der Waals surface area contributed by atoms with Crippen molar-refractivity contribution in [1.82, 2.24) is 9.97 Å². The fourth-order valence-electron chi connectivity index (χ4n) is 2.41. The van der Waals surface area contributed by atoms with Gasteiger partial charge >= 0.3 is 5.97 Å². The Morgan fingerprint density at radius 3 is 2.61 bits per heavy atom. The predicted octanol–water partition coefficient (Wildman–Crippen LogP) is 4.22. The van der Waals surface area contributed by atoms with Gasteiger partial charge in [-0.1, -0.05) is 23.7 Å². The zero-order chi connectivity index (χ0) is 20.1. The quantitative estimate of drug-likeness (QED) is 0.627. The molecule has 0 aliphatic heterocycles. The number of rotatable bonds is 5. The van der Waals surface area contributed by atoms with Crippen LogP contribution in [0.2, 0.25) is 5.02 Å². The summed E-state index contributed by atoms with van der Waals surface area (Å²) in [6, 6.07) is 11.9. The van der Waals surface area contributed by atoms with Crippen molar-refractivity contribution in [3.8, 4) is 0 Å². The van der Waals surface area contributed by atoms with Gasteiger partial charge in [-0.3, -0.25) is 4.79 Å². The maximum Gasteiger partial charge on any atom is 0.337 e. The molecule has 0 spiro atoms. The Kier molecular flexibility index (Phi) is 5.86. The summed E-state index contributed by atoms with van der Waals surface area (Å²) in [6.07, 6.45) is 2.82. The van der Waals surface area contributed by atoms with Crippen LogP contribution in [-0.4, -0.2) is 29.0 Å². The Labute approximate surface area is 166 Å². The van der Waals surface area contributed by atoms with Crippen LogP contribution < -0.4 is 10.6 Å². The number of ether oxygens (including phenoxy) is 1. The van der Waals surface area contributed by atoms with Gasteiger partial charge in [0.05, 0.1) is 25.1 Å². The highest BCUT2D eigenvalue weighted by atomic mass is 35.5. The highest BCUT2D eigenvalue weighted by Gasteiger charge is 2.11. The lowest BCUT2D eigenvalue weighted by Gasteiger charge is -2.10. The Hall–Kier alpha value is -3.45. The van der Waals surface area contributed by atoms with Crippen LogP contribution in [0.5, 0.6) is 0 Å². The number of halogens is 1. The normalized spacial score (nSPS) is 10.2. The number of carbonyl (C=O) groups excluding carboxylic acids is 2. The van der Waals surface area contributed by atoms with Crippen LogP contribution in [-0.2, 0) is 4.74 Å². The van der Waals surface area contributed by atoms with E-state index in [1.165, 1.54) is 25.6 Å². The van der Waals surface area contributed by atoms with E-state index in [0.717, 1.165) is 11.3 Å². The molecule has 0 atom stereocenters. The lowest BCUT2D eigenvalue weighted by Crippen LogP contribution is -2.14. The summed E-state index contributed by atoms with van der Waals surface area (Å²) in [5, 5.41) is 6.39. The average molecular weight is 397 g/mol. The van der Waals surface area contributed by atoms with Crippen molar-refractivity contribution in [2.45, 2.75) is 6.92 Å². The fourth-order valence-corrected chi connectivity index (χ4v) is 2.59. The molecule has 0 unspecified atom stereocenters. The van der Waals surface area contributed by atoms with Crippen LogP contribution in [0.25, 0.3) is 0 Å². The number of methoxy groups -OCH3 is 1. The second kappa shape index (κ2) is 8.49. The first-order chi connectivity index (χ1) is 13.5. The monoisotopic (exact) mass is 396 g/mol. The van der Waals surface area contributed by atoms with Crippen molar-refractivity contribution >= 4 is 40.7 Å². The third kappa shape index (κ3) is 4.63. The summed E-state index contributed by atoms with van der Waals surface area (Å²) < 4.78 is 4.67. The Balaban J connectivity index is 1.70. The van der Waals surface area contributed by atoms with Crippen molar-refractivity contribution < 1.29 is 14.3 Å². The third-order valence-electron chi connectivity index (χ3n) is 3.89. The van der Waals surface area contributed by atoms with E-state index in [2.05, 4.69) is 25.3 Å². The molecule has 8 heteroatoms. The van der Waals surface area contributed by atoms with Crippen LogP contribution in [0.1, 0.15) is 26.4 Å². The SMILES string of the molecule is COC(=O)c1cccc(NC(=O)c2cnc(Nc3cc(Cl)ccc3C)cn2)c1. The molecular weight excluding hydrogens is 380 g/mol. The number of aromatic nitrogens is 2. The van der Waals surface area contributed by atoms with E-state index in [1.807, 2.05) is 13.0 Å². The van der Waals surface area contributed by atoms with Gasteiger partial charge in [0.15, 0.2) is 0 Å². The molecule has 1 amide bonds. The molecule has 142 valence electrons. The minimum atomic E-state index is -0.484. The Morgan fingerprint density at radius 2 is 1.89 bits per heavy atom. The predicted molar refractivity (Wildman–Crippen MR) is 107 cm³/mol. The van der Waals surface area contributed by atoms with E-state index in [-0.39, 0.29) is 5.69 Å². The molecule has 3 rings (SSSR count). The van der Waals surface area contributed by atoms with Gasteiger partial charge in [0.1, 0.15) is 11.5 Å². The van der Waals surface area contributed by atoms with E-state index < -0.39 is 11.9 Å². The minimum absolute atomic E-state index is 0.136. The topological polar surface area (TPSA) is 93.2 Å². The smallest absolute Gasteiger partial charge is 0.337 e. The van der Waals surface area contributed by atoms with Gasteiger partial charge in [-0.2, -0.15) is 0 Å². The second-order valence-corrected chi connectivity index (χ2v) is 6.33. The summed E-state index contributed by atoms with van der Waals surface area (Å²) in [5.41, 5.74) is 2.73. The molecule has 0 radical (unpaired) electrons. The van der Waals surface area contributed by atoms with E-state index in [1.54, 1.807) is 30.3 Å². The van der Waals surface area contributed by atoms with E-state index in [4.69, 9.17) is 11.6 Å². The average Bonchev–Trinajstić information content (AvgIpc) is 2.71. The molecule has 0 aliphatic carbocycles. The molecule has 1 aromatic heterocycles. The van der Waals surface area contributed by atoms with Crippen LogP contribution in [0.15, 0.2) is 54.9 Å². The first-order valence-corrected chi connectivity index (χ1v) is 8.69. The lowest BCUT2D eigenvalue weighted by molar-refractivity contribution is 0.0600. The molecule has 1 heterocycles. The number of amides is 1. The number of anilines is 3. The summed E-state index contributed by atoms with van der Waals surface area (Å²) in [7, 11) is 1.30. The van der Waals surface area contributed by atoms with Gasteiger partial charge in [0, 0.05) is 16.4 Å². The largest absolute Gasteiger partial charge is 0.465 e. The van der Waals surface area contributed by atoms with Crippen molar-refractivity contribution in [3.63, 3.8) is 0 Å². The second-order valence-electron chi connectivity index (χ2n) is 5.90. The summed E-state index contributed by atoms with van der Waals surface area (Å²) in [4.78, 5) is 32.3. The zero-order valence-corrected chi connectivity index (χ0v) is 15.9. The van der Waals surface area contributed by atoms with E-state index in [9.17, 15) is 9.59 Å². The van der Waals surface area contributed by atoms with E-state index in [0.29, 0.717) is 22.1 Å². The number of carbonyl (C=O) groups is 2. The lowest BCUT2D eigenvalue weighted by atomic mass is 10.2. The molecule has 2 N–H and O–H groups in total. The maximum atomic E-state index is 12.4. The molecule has 2 aromatic carbocycles. The molecule has 0 saturated heterocycles. The molecule has 0 bridgehead atoms. The summed E-state index contributed by atoms with van der Waals surface area (Å²) >= 11 is 6.01. The number of benzene rings is 2. The number of esters is 1. The van der Waals surface area contributed by atoms with Crippen molar-refractivity contribution in [3.05, 3.63) is 76.7 Å². The van der Waals surface area contributed by atoms with Crippen molar-refractivity contribution in [2.24, 2.45) is 0 Å². The standard InChI is InChI=1S/C20H17ClN4O3/c1-12-6-7-14(21)9-16(12)25-18-11-22-17(10-23-18)19(26)24-15-5-3-4-13(8-15)20(27)28-2/h3-11H,1-2H3,(H,23,25)(H,24,26). The van der Waals surface area contributed by atoms with E-state index >= 15 is 0 Å². The summed E-state index contributed by atoms with van der Waals surface area (Å²) in [6.45, 7) is 1.94. The maximum absolute atomic E-state index is 12.4. The van der Waals surface area contributed by atoms with Gasteiger partial charge in [0.2, 0.25) is 0 Å².